The lowest BCUT2D eigenvalue weighted by Crippen LogP contribution is -2.10. The second-order valence-corrected chi connectivity index (χ2v) is 3.63. The number of benzene rings is 1. The number of aryl methyl sites for hydroxylation is 1. The number of nitrogens with zero attached hydrogens (tertiary/aromatic N) is 1. The van der Waals surface area contributed by atoms with Crippen molar-refractivity contribution >= 4 is 0 Å². The number of para-hydroxylation sites is 1. The normalized spacial score (nSPS) is 9.94. The van der Waals surface area contributed by atoms with Gasteiger partial charge < -0.3 is 9.47 Å². The van der Waals surface area contributed by atoms with Gasteiger partial charge in [0.15, 0.2) is 0 Å². The maximum atomic E-state index is 5.61. The Morgan fingerprint density at radius 2 is 1.71 bits per heavy atom. The van der Waals surface area contributed by atoms with Crippen LogP contribution in [0.15, 0.2) is 48.7 Å². The van der Waals surface area contributed by atoms with E-state index in [0.717, 1.165) is 11.3 Å². The molecule has 0 amide bonds. The lowest BCUT2D eigenvalue weighted by atomic mass is 10.2. The molecule has 3 nitrogen and oxygen atoms in total. The molecule has 0 saturated carbocycles. The van der Waals surface area contributed by atoms with Crippen LogP contribution in [0.1, 0.15) is 5.56 Å². The van der Waals surface area contributed by atoms with Crippen molar-refractivity contribution in [2.75, 3.05) is 13.2 Å². The molecular formula is C14H15NO2. The van der Waals surface area contributed by atoms with Crippen LogP contribution >= 0.6 is 0 Å². The Morgan fingerprint density at radius 1 is 0.941 bits per heavy atom. The van der Waals surface area contributed by atoms with Gasteiger partial charge in [0.25, 0.3) is 0 Å². The van der Waals surface area contributed by atoms with Gasteiger partial charge in [0.05, 0.1) is 0 Å². The topological polar surface area (TPSA) is 31.4 Å². The van der Waals surface area contributed by atoms with Gasteiger partial charge in [-0.2, -0.15) is 0 Å². The van der Waals surface area contributed by atoms with E-state index >= 15 is 0 Å². The first-order valence-corrected chi connectivity index (χ1v) is 5.58. The smallest absolute Gasteiger partial charge is 0.213 e. The standard InChI is InChI=1S/C14H15NO2/c1-12-6-2-3-7-13(12)16-10-11-17-14-8-4-5-9-15-14/h2-9H,10-11H2,1H3. The molecule has 1 aromatic heterocycles. The quantitative estimate of drug-likeness (QED) is 0.739. The highest BCUT2D eigenvalue weighted by molar-refractivity contribution is 5.31. The van der Waals surface area contributed by atoms with Crippen molar-refractivity contribution in [3.63, 3.8) is 0 Å². The van der Waals surface area contributed by atoms with Gasteiger partial charge in [0.2, 0.25) is 5.88 Å². The number of hydrogen-bond donors (Lipinski definition) is 0. The minimum Gasteiger partial charge on any atom is -0.490 e. The molecule has 2 aromatic rings. The van der Waals surface area contributed by atoms with Crippen LogP contribution in [0.2, 0.25) is 0 Å². The van der Waals surface area contributed by atoms with Gasteiger partial charge in [0.1, 0.15) is 19.0 Å². The highest BCUT2D eigenvalue weighted by Gasteiger charge is 1.98. The summed E-state index contributed by atoms with van der Waals surface area (Å²) in [6.07, 6.45) is 1.71. The van der Waals surface area contributed by atoms with E-state index < -0.39 is 0 Å². The second-order valence-electron chi connectivity index (χ2n) is 3.63. The van der Waals surface area contributed by atoms with E-state index in [4.69, 9.17) is 9.47 Å². The molecule has 2 rings (SSSR count). The molecule has 0 fully saturated rings. The van der Waals surface area contributed by atoms with Crippen LogP contribution in [0.4, 0.5) is 0 Å². The summed E-state index contributed by atoms with van der Waals surface area (Å²) in [6.45, 7) is 3.03. The maximum absolute atomic E-state index is 5.61. The Morgan fingerprint density at radius 3 is 2.47 bits per heavy atom. The molecule has 0 aliphatic heterocycles. The van der Waals surface area contributed by atoms with Crippen LogP contribution in [0.25, 0.3) is 0 Å². The molecule has 3 heteroatoms. The first kappa shape index (κ1) is 11.5. The summed E-state index contributed by atoms with van der Waals surface area (Å²) in [7, 11) is 0. The molecule has 0 bridgehead atoms. The zero-order chi connectivity index (χ0) is 11.9. The third-order valence-electron chi connectivity index (χ3n) is 2.32. The zero-order valence-corrected chi connectivity index (χ0v) is 9.80. The predicted molar refractivity (Wildman–Crippen MR) is 66.4 cm³/mol. The summed E-state index contributed by atoms with van der Waals surface area (Å²) in [4.78, 5) is 4.06. The fourth-order valence-electron chi connectivity index (χ4n) is 1.45. The molecule has 0 aliphatic carbocycles. The summed E-state index contributed by atoms with van der Waals surface area (Å²) >= 11 is 0. The molecule has 17 heavy (non-hydrogen) atoms. The predicted octanol–water partition coefficient (Wildman–Crippen LogP) is 2.85. The molecule has 1 aromatic carbocycles. The molecule has 1 heterocycles. The minimum atomic E-state index is 0.491. The summed E-state index contributed by atoms with van der Waals surface area (Å²) in [5.41, 5.74) is 1.13. The van der Waals surface area contributed by atoms with Gasteiger partial charge in [-0.1, -0.05) is 24.3 Å². The van der Waals surface area contributed by atoms with E-state index in [-0.39, 0.29) is 0 Å². The highest BCUT2D eigenvalue weighted by Crippen LogP contribution is 2.15. The molecule has 0 saturated heterocycles. The number of hydrogen-bond acceptors (Lipinski definition) is 3. The summed E-state index contributed by atoms with van der Waals surface area (Å²) < 4.78 is 11.0. The number of pyridine rings is 1. The first-order valence-electron chi connectivity index (χ1n) is 5.58. The number of aromatic nitrogens is 1. The van der Waals surface area contributed by atoms with Crippen molar-refractivity contribution in [1.82, 2.24) is 4.98 Å². The Bertz CT molecular complexity index is 457. The van der Waals surface area contributed by atoms with Gasteiger partial charge >= 0.3 is 0 Å². The van der Waals surface area contributed by atoms with Crippen molar-refractivity contribution in [3.05, 3.63) is 54.2 Å². The van der Waals surface area contributed by atoms with Gasteiger partial charge in [0, 0.05) is 12.3 Å². The van der Waals surface area contributed by atoms with E-state index in [1.807, 2.05) is 49.4 Å². The Balaban J connectivity index is 1.76. The molecule has 88 valence electrons. The fraction of sp³-hybridized carbons (Fsp3) is 0.214. The average molecular weight is 229 g/mol. The SMILES string of the molecule is Cc1ccccc1OCCOc1ccccn1. The highest BCUT2D eigenvalue weighted by atomic mass is 16.5. The van der Waals surface area contributed by atoms with E-state index in [1.54, 1.807) is 6.20 Å². The van der Waals surface area contributed by atoms with Crippen LogP contribution in [0.3, 0.4) is 0 Å². The fourth-order valence-corrected chi connectivity index (χ4v) is 1.45. The lowest BCUT2D eigenvalue weighted by molar-refractivity contribution is 0.211. The first-order chi connectivity index (χ1) is 8.36. The monoisotopic (exact) mass is 229 g/mol. The molecule has 0 atom stereocenters. The Kier molecular flexibility index (Phi) is 3.97. The average Bonchev–Trinajstić information content (AvgIpc) is 2.38. The van der Waals surface area contributed by atoms with Crippen LogP contribution in [0.5, 0.6) is 11.6 Å². The van der Waals surface area contributed by atoms with Crippen LogP contribution in [-0.2, 0) is 0 Å². The van der Waals surface area contributed by atoms with Crippen molar-refractivity contribution < 1.29 is 9.47 Å². The van der Waals surface area contributed by atoms with Crippen molar-refractivity contribution in [2.45, 2.75) is 6.92 Å². The molecule has 0 aliphatic rings. The zero-order valence-electron chi connectivity index (χ0n) is 9.80. The summed E-state index contributed by atoms with van der Waals surface area (Å²) in [5.74, 6) is 1.53. The van der Waals surface area contributed by atoms with Gasteiger partial charge in [-0.15, -0.1) is 0 Å². The van der Waals surface area contributed by atoms with E-state index in [2.05, 4.69) is 4.98 Å². The van der Waals surface area contributed by atoms with Crippen molar-refractivity contribution in [1.29, 1.82) is 0 Å². The lowest BCUT2D eigenvalue weighted by Gasteiger charge is -2.09. The van der Waals surface area contributed by atoms with Gasteiger partial charge in [-0.05, 0) is 24.6 Å². The van der Waals surface area contributed by atoms with Crippen LogP contribution in [-0.4, -0.2) is 18.2 Å². The largest absolute Gasteiger partial charge is 0.490 e. The molecule has 0 unspecified atom stereocenters. The second kappa shape index (κ2) is 5.89. The molecule has 0 spiro atoms. The van der Waals surface area contributed by atoms with Crippen LogP contribution in [0, 0.1) is 6.92 Å². The third kappa shape index (κ3) is 3.48. The van der Waals surface area contributed by atoms with Gasteiger partial charge in [-0.25, -0.2) is 4.98 Å². The van der Waals surface area contributed by atoms with Crippen molar-refractivity contribution in [3.8, 4) is 11.6 Å². The summed E-state index contributed by atoms with van der Waals surface area (Å²) in [5, 5.41) is 0. The number of rotatable bonds is 5. The summed E-state index contributed by atoms with van der Waals surface area (Å²) in [6, 6.07) is 13.5. The minimum absolute atomic E-state index is 0.491. The maximum Gasteiger partial charge on any atom is 0.213 e. The third-order valence-corrected chi connectivity index (χ3v) is 2.32. The molecule has 0 N–H and O–H groups in total. The number of ether oxygens (including phenoxy) is 2. The Hall–Kier alpha value is -2.03. The van der Waals surface area contributed by atoms with E-state index in [9.17, 15) is 0 Å². The van der Waals surface area contributed by atoms with Crippen LogP contribution < -0.4 is 9.47 Å². The molecule has 0 radical (unpaired) electrons. The Labute approximate surface area is 101 Å². The van der Waals surface area contributed by atoms with E-state index in [1.165, 1.54) is 0 Å². The van der Waals surface area contributed by atoms with Gasteiger partial charge in [-0.3, -0.25) is 0 Å². The van der Waals surface area contributed by atoms with Crippen molar-refractivity contribution in [2.24, 2.45) is 0 Å². The van der Waals surface area contributed by atoms with E-state index in [0.29, 0.717) is 19.1 Å². The molecular weight excluding hydrogens is 214 g/mol.